The summed E-state index contributed by atoms with van der Waals surface area (Å²) in [6.07, 6.45) is 1.33. The average molecular weight is 302 g/mol. The minimum Gasteiger partial charge on any atom is -0.393 e. The van der Waals surface area contributed by atoms with Crippen LogP contribution in [0.5, 0.6) is 0 Å². The number of aliphatic hydroxyl groups is 1. The third-order valence-electron chi connectivity index (χ3n) is 4.24. The van der Waals surface area contributed by atoms with E-state index in [2.05, 4.69) is 0 Å². The van der Waals surface area contributed by atoms with Gasteiger partial charge in [0.05, 0.1) is 11.1 Å². The minimum atomic E-state index is -3.54. The van der Waals surface area contributed by atoms with Crippen LogP contribution in [0.3, 0.4) is 0 Å². The summed E-state index contributed by atoms with van der Waals surface area (Å²) in [5, 5.41) is 10.1. The van der Waals surface area contributed by atoms with Gasteiger partial charge in [-0.25, -0.2) is 8.42 Å². The number of hydrogen-bond acceptors (Lipinski definition) is 3. The molecule has 3 rings (SSSR count). The predicted octanol–water partition coefficient (Wildman–Crippen LogP) is 1.73. The molecule has 0 amide bonds. The van der Waals surface area contributed by atoms with Crippen molar-refractivity contribution in [1.82, 2.24) is 4.31 Å². The van der Waals surface area contributed by atoms with Gasteiger partial charge in [0.2, 0.25) is 10.0 Å². The largest absolute Gasteiger partial charge is 0.393 e. The zero-order chi connectivity index (χ0) is 13.6. The highest BCUT2D eigenvalue weighted by molar-refractivity contribution is 7.89. The van der Waals surface area contributed by atoms with Gasteiger partial charge in [-0.05, 0) is 30.9 Å². The highest BCUT2D eigenvalue weighted by Crippen LogP contribution is 2.40. The molecule has 19 heavy (non-hydrogen) atoms. The predicted molar refractivity (Wildman–Crippen MR) is 72.4 cm³/mol. The van der Waals surface area contributed by atoms with Crippen LogP contribution < -0.4 is 0 Å². The van der Waals surface area contributed by atoms with Gasteiger partial charge in [0, 0.05) is 19.0 Å². The standard InChI is InChI=1S/C13H16ClNO3S/c14-11-3-1-2-4-13(11)19(17,18)15-7-9-5-6-12(16)10(9)8-15/h1-4,9-10,12,16H,5-8H2. The van der Waals surface area contributed by atoms with Crippen molar-refractivity contribution in [2.75, 3.05) is 13.1 Å². The number of rotatable bonds is 2. The first kappa shape index (κ1) is 13.4. The average Bonchev–Trinajstić information content (AvgIpc) is 2.93. The first-order chi connectivity index (χ1) is 9.00. The lowest BCUT2D eigenvalue weighted by molar-refractivity contribution is 0.129. The molecule has 6 heteroatoms. The van der Waals surface area contributed by atoms with Crippen molar-refractivity contribution in [3.8, 4) is 0 Å². The molecule has 4 nitrogen and oxygen atoms in total. The van der Waals surface area contributed by atoms with Gasteiger partial charge in [-0.15, -0.1) is 0 Å². The van der Waals surface area contributed by atoms with E-state index in [9.17, 15) is 13.5 Å². The van der Waals surface area contributed by atoms with Gasteiger partial charge in [0.1, 0.15) is 4.90 Å². The van der Waals surface area contributed by atoms with Gasteiger partial charge in [0.25, 0.3) is 0 Å². The lowest BCUT2D eigenvalue weighted by Crippen LogP contribution is -2.31. The van der Waals surface area contributed by atoms with Gasteiger partial charge in [-0.3, -0.25) is 0 Å². The highest BCUT2D eigenvalue weighted by Gasteiger charge is 2.45. The van der Waals surface area contributed by atoms with E-state index in [4.69, 9.17) is 11.6 Å². The summed E-state index contributed by atoms with van der Waals surface area (Å²) in [6, 6.07) is 6.50. The molecule has 1 aliphatic heterocycles. The smallest absolute Gasteiger partial charge is 0.244 e. The molecule has 104 valence electrons. The number of halogens is 1. The highest BCUT2D eigenvalue weighted by atomic mass is 35.5. The van der Waals surface area contributed by atoms with Crippen molar-refractivity contribution < 1.29 is 13.5 Å². The molecular formula is C13H16ClNO3S. The molecular weight excluding hydrogens is 286 g/mol. The molecule has 2 aliphatic rings. The van der Waals surface area contributed by atoms with Crippen LogP contribution in [-0.2, 0) is 10.0 Å². The second-order valence-electron chi connectivity index (χ2n) is 5.32. The zero-order valence-electron chi connectivity index (χ0n) is 10.4. The van der Waals surface area contributed by atoms with Crippen molar-refractivity contribution in [3.05, 3.63) is 29.3 Å². The molecule has 1 saturated carbocycles. The Hall–Kier alpha value is -0.620. The molecule has 1 aromatic rings. The van der Waals surface area contributed by atoms with Gasteiger partial charge in [-0.1, -0.05) is 23.7 Å². The Kier molecular flexibility index (Phi) is 3.33. The van der Waals surface area contributed by atoms with E-state index in [1.54, 1.807) is 18.2 Å². The van der Waals surface area contributed by atoms with Crippen LogP contribution in [0.2, 0.25) is 5.02 Å². The molecule has 0 bridgehead atoms. The summed E-state index contributed by atoms with van der Waals surface area (Å²) in [5.41, 5.74) is 0. The fraction of sp³-hybridized carbons (Fsp3) is 0.538. The molecule has 0 radical (unpaired) electrons. The summed E-state index contributed by atoms with van der Waals surface area (Å²) >= 11 is 5.98. The third kappa shape index (κ3) is 2.18. The second-order valence-corrected chi connectivity index (χ2v) is 7.63. The fourth-order valence-corrected chi connectivity index (χ4v) is 5.21. The molecule has 0 spiro atoms. The Morgan fingerprint density at radius 3 is 2.63 bits per heavy atom. The third-order valence-corrected chi connectivity index (χ3v) is 6.57. The lowest BCUT2D eigenvalue weighted by atomic mass is 10.00. The normalized spacial score (nSPS) is 31.6. The number of fused-ring (bicyclic) bond motifs is 1. The molecule has 1 saturated heterocycles. The first-order valence-electron chi connectivity index (χ1n) is 6.43. The second kappa shape index (κ2) is 4.74. The van der Waals surface area contributed by atoms with E-state index >= 15 is 0 Å². The number of benzene rings is 1. The van der Waals surface area contributed by atoms with Crippen molar-refractivity contribution in [3.63, 3.8) is 0 Å². The van der Waals surface area contributed by atoms with Crippen molar-refractivity contribution in [2.45, 2.75) is 23.8 Å². The van der Waals surface area contributed by atoms with E-state index in [1.807, 2.05) is 0 Å². The summed E-state index contributed by atoms with van der Waals surface area (Å²) in [7, 11) is -3.54. The summed E-state index contributed by atoms with van der Waals surface area (Å²) in [5.74, 6) is 0.365. The Labute approximate surface area is 118 Å². The summed E-state index contributed by atoms with van der Waals surface area (Å²) < 4.78 is 26.6. The van der Waals surface area contributed by atoms with Crippen LogP contribution >= 0.6 is 11.6 Å². The van der Waals surface area contributed by atoms with E-state index in [1.165, 1.54) is 10.4 Å². The number of sulfonamides is 1. The van der Waals surface area contributed by atoms with Gasteiger partial charge in [0.15, 0.2) is 0 Å². The fourth-order valence-electron chi connectivity index (χ4n) is 3.19. The number of hydrogen-bond donors (Lipinski definition) is 1. The summed E-state index contributed by atoms with van der Waals surface area (Å²) in [6.45, 7) is 0.897. The minimum absolute atomic E-state index is 0.0808. The lowest BCUT2D eigenvalue weighted by Gasteiger charge is -2.18. The molecule has 3 unspecified atom stereocenters. The maximum Gasteiger partial charge on any atom is 0.244 e. The molecule has 1 heterocycles. The Morgan fingerprint density at radius 1 is 1.21 bits per heavy atom. The van der Waals surface area contributed by atoms with Crippen molar-refractivity contribution in [1.29, 1.82) is 0 Å². The van der Waals surface area contributed by atoms with Crippen LogP contribution in [0.1, 0.15) is 12.8 Å². The topological polar surface area (TPSA) is 57.6 Å². The maximum atomic E-state index is 12.6. The SMILES string of the molecule is O=S(=O)(c1ccccc1Cl)N1CC2CCC(O)C2C1. The molecule has 1 aromatic carbocycles. The molecule has 2 fully saturated rings. The summed E-state index contributed by atoms with van der Waals surface area (Å²) in [4.78, 5) is 0.158. The van der Waals surface area contributed by atoms with E-state index in [0.29, 0.717) is 13.1 Å². The number of nitrogens with zero attached hydrogens (tertiary/aromatic N) is 1. The van der Waals surface area contributed by atoms with Gasteiger partial charge >= 0.3 is 0 Å². The molecule has 3 atom stereocenters. The van der Waals surface area contributed by atoms with Crippen LogP contribution in [0.4, 0.5) is 0 Å². The van der Waals surface area contributed by atoms with E-state index in [-0.39, 0.29) is 27.9 Å². The Bertz CT molecular complexity index is 589. The number of aliphatic hydroxyl groups excluding tert-OH is 1. The van der Waals surface area contributed by atoms with Crippen molar-refractivity contribution in [2.24, 2.45) is 11.8 Å². The van der Waals surface area contributed by atoms with Crippen LogP contribution in [0, 0.1) is 11.8 Å². The molecule has 1 aliphatic carbocycles. The van der Waals surface area contributed by atoms with Crippen molar-refractivity contribution >= 4 is 21.6 Å². The van der Waals surface area contributed by atoms with E-state index in [0.717, 1.165) is 12.8 Å². The van der Waals surface area contributed by atoms with Gasteiger partial charge in [-0.2, -0.15) is 4.31 Å². The quantitative estimate of drug-likeness (QED) is 0.905. The van der Waals surface area contributed by atoms with Crippen LogP contribution in [0.25, 0.3) is 0 Å². The molecule has 1 N–H and O–H groups in total. The van der Waals surface area contributed by atoms with Crippen LogP contribution in [0.15, 0.2) is 29.2 Å². The zero-order valence-corrected chi connectivity index (χ0v) is 11.9. The molecule has 0 aromatic heterocycles. The van der Waals surface area contributed by atoms with E-state index < -0.39 is 10.0 Å². The van der Waals surface area contributed by atoms with Crippen LogP contribution in [-0.4, -0.2) is 37.0 Å². The van der Waals surface area contributed by atoms with Gasteiger partial charge < -0.3 is 5.11 Å². The first-order valence-corrected chi connectivity index (χ1v) is 8.24. The Balaban J connectivity index is 1.89. The maximum absolute atomic E-state index is 12.6. The monoisotopic (exact) mass is 301 g/mol. The Morgan fingerprint density at radius 2 is 1.95 bits per heavy atom.